The summed E-state index contributed by atoms with van der Waals surface area (Å²) < 4.78 is 31.6. The molecule has 204 valence electrons. The quantitative estimate of drug-likeness (QED) is 0.134. The number of rotatable bonds is 10. The summed E-state index contributed by atoms with van der Waals surface area (Å²) in [5.41, 5.74) is 3.91. The Hall–Kier alpha value is -4.45. The van der Waals surface area contributed by atoms with Crippen molar-refractivity contribution in [3.8, 4) is 11.3 Å². The van der Waals surface area contributed by atoms with Gasteiger partial charge >= 0.3 is 0 Å². The topological polar surface area (TPSA) is 134 Å². The minimum atomic E-state index is -0.690. The Morgan fingerprint density at radius 2 is 1.79 bits per heavy atom. The van der Waals surface area contributed by atoms with Crippen LogP contribution in [0.15, 0.2) is 42.6 Å². The van der Waals surface area contributed by atoms with Gasteiger partial charge in [0, 0.05) is 30.3 Å². The number of nitrogens with zero attached hydrogens (tertiary/aromatic N) is 4. The van der Waals surface area contributed by atoms with Crippen LogP contribution in [-0.4, -0.2) is 43.1 Å². The van der Waals surface area contributed by atoms with E-state index in [1.165, 1.54) is 6.07 Å². The number of fused-ring (bicyclic) bond motifs is 1. The number of hydrogen-bond acceptors (Lipinski definition) is 7. The van der Waals surface area contributed by atoms with Crippen molar-refractivity contribution in [2.45, 2.75) is 46.1 Å². The largest absolute Gasteiger partial charge is 0.356 e. The molecule has 2 aromatic heterocycles. The fraction of sp³-hybridized carbons (Fsp3) is 0.296. The molecular weight excluding hydrogens is 508 g/mol. The zero-order valence-electron chi connectivity index (χ0n) is 21.8. The molecule has 0 saturated carbocycles. The van der Waals surface area contributed by atoms with Gasteiger partial charge in [-0.3, -0.25) is 14.8 Å². The zero-order valence-corrected chi connectivity index (χ0v) is 21.8. The Morgan fingerprint density at radius 1 is 1.05 bits per heavy atom. The summed E-state index contributed by atoms with van der Waals surface area (Å²) in [7, 11) is 0. The molecule has 0 saturated heterocycles. The van der Waals surface area contributed by atoms with Crippen LogP contribution in [0.4, 0.5) is 20.4 Å². The molecule has 39 heavy (non-hydrogen) atoms. The molecule has 2 amide bonds. The van der Waals surface area contributed by atoms with E-state index in [1.54, 1.807) is 42.7 Å². The number of amides is 2. The maximum atomic E-state index is 14.9. The van der Waals surface area contributed by atoms with Gasteiger partial charge in [0.2, 0.25) is 17.8 Å². The van der Waals surface area contributed by atoms with Crippen LogP contribution in [0, 0.1) is 18.6 Å². The van der Waals surface area contributed by atoms with Crippen LogP contribution in [0.25, 0.3) is 22.3 Å². The summed E-state index contributed by atoms with van der Waals surface area (Å²) in [5.74, 6) is -1.18. The standard InChI is InChI=1S/C27H29F2N7O3/c1-15(2)36-16(3)32-26-20(28)12-18(13-22(26)36)25-21(29)14-31-27(34-25)33-19-8-6-17(7-9-19)11-24(38)30-10-4-5-23(37)35-39/h6-9,12-15,39H,4-5,10-11H2,1-3H3,(H,30,38)(H,35,37)(H,31,33,34). The molecular formula is C27H29F2N7O3. The molecule has 0 aliphatic heterocycles. The van der Waals surface area contributed by atoms with E-state index in [2.05, 4.69) is 25.6 Å². The Morgan fingerprint density at radius 3 is 2.49 bits per heavy atom. The minimum Gasteiger partial charge on any atom is -0.356 e. The molecule has 4 aromatic rings. The van der Waals surface area contributed by atoms with Crippen LogP contribution in [0.3, 0.4) is 0 Å². The van der Waals surface area contributed by atoms with E-state index in [-0.39, 0.29) is 47.5 Å². The van der Waals surface area contributed by atoms with Gasteiger partial charge in [-0.15, -0.1) is 0 Å². The van der Waals surface area contributed by atoms with Gasteiger partial charge in [0.1, 0.15) is 17.0 Å². The first kappa shape index (κ1) is 27.6. The minimum absolute atomic E-state index is 0.0336. The normalized spacial score (nSPS) is 11.2. The van der Waals surface area contributed by atoms with Crippen molar-refractivity contribution in [1.29, 1.82) is 0 Å². The van der Waals surface area contributed by atoms with Gasteiger partial charge in [-0.2, -0.15) is 0 Å². The number of aryl methyl sites for hydroxylation is 1. The number of nitrogens with one attached hydrogen (secondary N) is 3. The molecule has 10 nitrogen and oxygen atoms in total. The van der Waals surface area contributed by atoms with Crippen LogP contribution in [-0.2, 0) is 16.0 Å². The molecule has 0 radical (unpaired) electrons. The zero-order chi connectivity index (χ0) is 28.1. The Labute approximate surface area is 223 Å². The summed E-state index contributed by atoms with van der Waals surface area (Å²) in [4.78, 5) is 35.7. The molecule has 0 unspecified atom stereocenters. The Balaban J connectivity index is 1.46. The molecule has 0 aliphatic carbocycles. The van der Waals surface area contributed by atoms with E-state index < -0.39 is 17.5 Å². The third-order valence-corrected chi connectivity index (χ3v) is 6.06. The number of anilines is 2. The monoisotopic (exact) mass is 537 g/mol. The van der Waals surface area contributed by atoms with E-state index >= 15 is 0 Å². The van der Waals surface area contributed by atoms with Crippen molar-refractivity contribution >= 4 is 34.5 Å². The van der Waals surface area contributed by atoms with Crippen molar-refractivity contribution in [1.82, 2.24) is 30.3 Å². The second kappa shape index (κ2) is 11.9. The van der Waals surface area contributed by atoms with Gasteiger partial charge in [-0.1, -0.05) is 12.1 Å². The predicted octanol–water partition coefficient (Wildman–Crippen LogP) is 4.35. The lowest BCUT2D eigenvalue weighted by atomic mass is 10.1. The number of aromatic nitrogens is 4. The summed E-state index contributed by atoms with van der Waals surface area (Å²) in [5, 5.41) is 14.2. The highest BCUT2D eigenvalue weighted by atomic mass is 19.1. The predicted molar refractivity (Wildman–Crippen MR) is 141 cm³/mol. The third kappa shape index (κ3) is 6.52. The second-order valence-electron chi connectivity index (χ2n) is 9.33. The van der Waals surface area contributed by atoms with E-state index in [9.17, 15) is 18.4 Å². The molecule has 0 spiro atoms. The second-order valence-corrected chi connectivity index (χ2v) is 9.33. The maximum Gasteiger partial charge on any atom is 0.243 e. The van der Waals surface area contributed by atoms with E-state index in [4.69, 9.17) is 5.21 Å². The molecule has 0 fully saturated rings. The summed E-state index contributed by atoms with van der Waals surface area (Å²) in [6, 6.07) is 9.90. The van der Waals surface area contributed by atoms with Crippen molar-refractivity contribution < 1.29 is 23.6 Å². The van der Waals surface area contributed by atoms with E-state index in [1.807, 2.05) is 18.4 Å². The van der Waals surface area contributed by atoms with Crippen molar-refractivity contribution in [3.05, 3.63) is 65.6 Å². The molecule has 2 aromatic carbocycles. The number of imidazole rings is 1. The first-order valence-corrected chi connectivity index (χ1v) is 12.4. The highest BCUT2D eigenvalue weighted by Gasteiger charge is 2.18. The van der Waals surface area contributed by atoms with Crippen molar-refractivity contribution in [3.63, 3.8) is 0 Å². The molecule has 4 rings (SSSR count). The maximum absolute atomic E-state index is 14.9. The number of halogens is 2. The van der Waals surface area contributed by atoms with Crippen LogP contribution < -0.4 is 16.1 Å². The summed E-state index contributed by atoms with van der Waals surface area (Å²) >= 11 is 0. The molecule has 12 heteroatoms. The van der Waals surface area contributed by atoms with Gasteiger partial charge in [0.15, 0.2) is 11.6 Å². The summed E-state index contributed by atoms with van der Waals surface area (Å²) in [6.45, 7) is 6.04. The lowest BCUT2D eigenvalue weighted by Crippen LogP contribution is -2.27. The first-order valence-electron chi connectivity index (χ1n) is 12.4. The Bertz CT molecular complexity index is 1500. The van der Waals surface area contributed by atoms with Crippen LogP contribution >= 0.6 is 0 Å². The lowest BCUT2D eigenvalue weighted by molar-refractivity contribution is -0.129. The highest BCUT2D eigenvalue weighted by molar-refractivity contribution is 5.83. The first-order chi connectivity index (χ1) is 18.7. The number of benzene rings is 2. The van der Waals surface area contributed by atoms with Crippen molar-refractivity contribution in [2.75, 3.05) is 11.9 Å². The average molecular weight is 538 g/mol. The SMILES string of the molecule is Cc1nc2c(F)cc(-c3nc(Nc4ccc(CC(=O)NCCCC(=O)NO)cc4)ncc3F)cc2n1C(C)C. The van der Waals surface area contributed by atoms with Gasteiger partial charge in [-0.25, -0.2) is 29.2 Å². The van der Waals surface area contributed by atoms with Crippen LogP contribution in [0.1, 0.15) is 44.1 Å². The van der Waals surface area contributed by atoms with Gasteiger partial charge in [0.05, 0.1) is 18.1 Å². The van der Waals surface area contributed by atoms with Gasteiger partial charge in [-0.05, 0) is 57.0 Å². The molecule has 0 atom stereocenters. The van der Waals surface area contributed by atoms with E-state index in [0.717, 1.165) is 11.8 Å². The number of carbonyl (C=O) groups excluding carboxylic acids is 2. The number of hydroxylamine groups is 1. The molecule has 0 aliphatic rings. The van der Waals surface area contributed by atoms with E-state index in [0.29, 0.717) is 30.0 Å². The lowest BCUT2D eigenvalue weighted by Gasteiger charge is -2.12. The number of carbonyl (C=O) groups is 2. The fourth-order valence-corrected chi connectivity index (χ4v) is 4.30. The third-order valence-electron chi connectivity index (χ3n) is 6.06. The summed E-state index contributed by atoms with van der Waals surface area (Å²) in [6.07, 6.45) is 1.68. The fourth-order valence-electron chi connectivity index (χ4n) is 4.30. The van der Waals surface area contributed by atoms with Gasteiger partial charge < -0.3 is 15.2 Å². The average Bonchev–Trinajstić information content (AvgIpc) is 3.25. The molecule has 2 heterocycles. The highest BCUT2D eigenvalue weighted by Crippen LogP contribution is 2.30. The van der Waals surface area contributed by atoms with Crippen molar-refractivity contribution in [2.24, 2.45) is 0 Å². The molecule has 0 bridgehead atoms. The Kier molecular flexibility index (Phi) is 8.45. The molecule has 4 N–H and O–H groups in total. The van der Waals surface area contributed by atoms with Crippen LogP contribution in [0.2, 0.25) is 0 Å². The van der Waals surface area contributed by atoms with Gasteiger partial charge in [0.25, 0.3) is 0 Å². The smallest absolute Gasteiger partial charge is 0.243 e. The number of hydrogen-bond donors (Lipinski definition) is 4. The van der Waals surface area contributed by atoms with Crippen LogP contribution in [0.5, 0.6) is 0 Å².